The van der Waals surface area contributed by atoms with Crippen molar-refractivity contribution in [3.8, 4) is 0 Å². The van der Waals surface area contributed by atoms with Crippen LogP contribution in [0.1, 0.15) is 0 Å². The Hall–Kier alpha value is -2.70. The largest absolute Gasteiger partial charge is 0.345 e. The van der Waals surface area contributed by atoms with E-state index in [2.05, 4.69) is 4.98 Å². The van der Waals surface area contributed by atoms with Gasteiger partial charge in [0.05, 0.1) is 15.1 Å². The van der Waals surface area contributed by atoms with Gasteiger partial charge in [-0.15, -0.1) is 0 Å². The highest BCUT2D eigenvalue weighted by atomic mass is 32.2. The minimum Gasteiger partial charge on any atom is -0.345 e. The molecule has 0 bridgehead atoms. The number of benzene rings is 2. The molecular formula is C17H14F2N4O4S2. The van der Waals surface area contributed by atoms with Crippen molar-refractivity contribution in [2.24, 2.45) is 0 Å². The number of rotatable bonds is 4. The van der Waals surface area contributed by atoms with E-state index >= 15 is 0 Å². The van der Waals surface area contributed by atoms with E-state index in [4.69, 9.17) is 0 Å². The summed E-state index contributed by atoms with van der Waals surface area (Å²) in [5, 5.41) is 11.5. The number of fused-ring (bicyclic) bond motifs is 1. The summed E-state index contributed by atoms with van der Waals surface area (Å²) in [6.45, 7) is 0.618. The number of piperazine rings is 1. The Bertz CT molecular complexity index is 1190. The zero-order chi connectivity index (χ0) is 20.8. The quantitative estimate of drug-likeness (QED) is 0.457. The molecule has 0 N–H and O–H groups in total. The highest BCUT2D eigenvalue weighted by Gasteiger charge is 2.33. The Morgan fingerprint density at radius 2 is 1.72 bits per heavy atom. The van der Waals surface area contributed by atoms with Crippen molar-refractivity contribution in [2.45, 2.75) is 4.90 Å². The molecule has 0 atom stereocenters. The van der Waals surface area contributed by atoms with Gasteiger partial charge in [-0.2, -0.15) is 4.31 Å². The van der Waals surface area contributed by atoms with E-state index in [1.165, 1.54) is 23.5 Å². The van der Waals surface area contributed by atoms with Crippen molar-refractivity contribution in [1.82, 2.24) is 9.29 Å². The number of hydrogen-bond acceptors (Lipinski definition) is 7. The van der Waals surface area contributed by atoms with Gasteiger partial charge < -0.3 is 4.90 Å². The molecule has 4 rings (SSSR count). The number of hydrogen-bond donors (Lipinski definition) is 0. The van der Waals surface area contributed by atoms with Crippen molar-refractivity contribution >= 4 is 42.4 Å². The molecule has 1 aromatic heterocycles. The SMILES string of the molecule is O=[N+]([O-])c1ccc2nc(N3CCN(S(=O)(=O)c4c(F)cccc4F)CC3)sc2c1. The smallest absolute Gasteiger partial charge is 0.270 e. The molecule has 0 unspecified atom stereocenters. The molecule has 0 amide bonds. The van der Waals surface area contributed by atoms with Gasteiger partial charge in [-0.1, -0.05) is 17.4 Å². The Morgan fingerprint density at radius 1 is 1.07 bits per heavy atom. The van der Waals surface area contributed by atoms with Crippen LogP contribution < -0.4 is 4.90 Å². The summed E-state index contributed by atoms with van der Waals surface area (Å²) in [5.41, 5.74) is 0.578. The molecule has 3 aromatic rings. The molecule has 2 heterocycles. The summed E-state index contributed by atoms with van der Waals surface area (Å²) in [6, 6.07) is 7.31. The first kappa shape index (κ1) is 19.6. The molecular weight excluding hydrogens is 426 g/mol. The third kappa shape index (κ3) is 3.54. The topological polar surface area (TPSA) is 96.7 Å². The van der Waals surface area contributed by atoms with E-state index in [9.17, 15) is 27.3 Å². The summed E-state index contributed by atoms with van der Waals surface area (Å²) < 4.78 is 54.9. The molecule has 0 spiro atoms. The first-order valence-corrected chi connectivity index (χ1v) is 10.8. The van der Waals surface area contributed by atoms with E-state index in [1.54, 1.807) is 6.07 Å². The molecule has 12 heteroatoms. The van der Waals surface area contributed by atoms with Crippen LogP contribution in [0.5, 0.6) is 0 Å². The lowest BCUT2D eigenvalue weighted by atomic mass is 10.3. The maximum Gasteiger partial charge on any atom is 0.270 e. The maximum absolute atomic E-state index is 13.9. The molecule has 1 aliphatic heterocycles. The summed E-state index contributed by atoms with van der Waals surface area (Å²) in [6.07, 6.45) is 0. The van der Waals surface area contributed by atoms with Crippen LogP contribution in [-0.2, 0) is 10.0 Å². The van der Waals surface area contributed by atoms with E-state index in [-0.39, 0.29) is 31.9 Å². The highest BCUT2D eigenvalue weighted by Crippen LogP contribution is 2.32. The van der Waals surface area contributed by atoms with Gasteiger partial charge in [0.15, 0.2) is 10.0 Å². The molecule has 1 aliphatic rings. The molecule has 2 aromatic carbocycles. The van der Waals surface area contributed by atoms with Crippen molar-refractivity contribution in [3.05, 3.63) is 58.1 Å². The molecule has 29 heavy (non-hydrogen) atoms. The second-order valence-corrected chi connectivity index (χ2v) is 9.23. The number of aromatic nitrogens is 1. The van der Waals surface area contributed by atoms with Crippen molar-refractivity contribution < 1.29 is 22.1 Å². The van der Waals surface area contributed by atoms with Crippen LogP contribution in [0.15, 0.2) is 41.3 Å². The lowest BCUT2D eigenvalue weighted by molar-refractivity contribution is -0.384. The van der Waals surface area contributed by atoms with Crippen LogP contribution in [0.3, 0.4) is 0 Å². The van der Waals surface area contributed by atoms with Gasteiger partial charge in [0.1, 0.15) is 11.6 Å². The Morgan fingerprint density at radius 3 is 2.34 bits per heavy atom. The number of halogens is 2. The van der Waals surface area contributed by atoms with Gasteiger partial charge in [-0.05, 0) is 18.2 Å². The highest BCUT2D eigenvalue weighted by molar-refractivity contribution is 7.89. The summed E-state index contributed by atoms with van der Waals surface area (Å²) in [5.74, 6) is -2.25. The fourth-order valence-corrected chi connectivity index (χ4v) is 5.71. The number of nitro groups is 1. The third-order valence-electron chi connectivity index (χ3n) is 4.60. The van der Waals surface area contributed by atoms with Crippen LogP contribution in [0.25, 0.3) is 10.2 Å². The number of thiazole rings is 1. The monoisotopic (exact) mass is 440 g/mol. The molecule has 152 valence electrons. The summed E-state index contributed by atoms with van der Waals surface area (Å²) >= 11 is 1.27. The predicted molar refractivity (Wildman–Crippen MR) is 104 cm³/mol. The average molecular weight is 440 g/mol. The van der Waals surface area contributed by atoms with Gasteiger partial charge in [0.2, 0.25) is 10.0 Å². The summed E-state index contributed by atoms with van der Waals surface area (Å²) in [4.78, 5) is 15.8. The van der Waals surface area contributed by atoms with E-state index in [1.807, 2.05) is 4.90 Å². The molecule has 1 saturated heterocycles. The molecule has 0 aliphatic carbocycles. The van der Waals surface area contributed by atoms with Gasteiger partial charge in [-0.3, -0.25) is 10.1 Å². The molecule has 8 nitrogen and oxygen atoms in total. The second-order valence-electron chi connectivity index (χ2n) is 6.35. The number of nitrogens with zero attached hydrogens (tertiary/aromatic N) is 4. The van der Waals surface area contributed by atoms with Crippen LogP contribution in [0.4, 0.5) is 19.6 Å². The van der Waals surface area contributed by atoms with Gasteiger partial charge in [0.25, 0.3) is 5.69 Å². The van der Waals surface area contributed by atoms with E-state index < -0.39 is 31.5 Å². The zero-order valence-electron chi connectivity index (χ0n) is 14.8. The van der Waals surface area contributed by atoms with Gasteiger partial charge in [-0.25, -0.2) is 22.2 Å². The summed E-state index contributed by atoms with van der Waals surface area (Å²) in [7, 11) is -4.30. The fourth-order valence-electron chi connectivity index (χ4n) is 3.13. The predicted octanol–water partition coefficient (Wildman–Crippen LogP) is 2.99. The van der Waals surface area contributed by atoms with E-state index in [0.29, 0.717) is 15.3 Å². The second kappa shape index (κ2) is 7.28. The number of non-ortho nitro benzene ring substituents is 1. The Kier molecular flexibility index (Phi) is 4.92. The molecule has 0 saturated carbocycles. The van der Waals surface area contributed by atoms with Crippen molar-refractivity contribution in [1.29, 1.82) is 0 Å². The first-order chi connectivity index (χ1) is 13.8. The lowest BCUT2D eigenvalue weighted by Gasteiger charge is -2.33. The van der Waals surface area contributed by atoms with Gasteiger partial charge in [0, 0.05) is 38.3 Å². The third-order valence-corrected chi connectivity index (χ3v) is 7.63. The van der Waals surface area contributed by atoms with Crippen molar-refractivity contribution in [2.75, 3.05) is 31.1 Å². The zero-order valence-corrected chi connectivity index (χ0v) is 16.4. The standard InChI is InChI=1S/C17H14F2N4O4S2/c18-12-2-1-3-13(19)16(12)29(26,27)22-8-6-21(7-9-22)17-20-14-5-4-11(23(24)25)10-15(14)28-17/h1-5,10H,6-9H2. The number of nitro benzene ring substituents is 1. The molecule has 0 radical (unpaired) electrons. The fraction of sp³-hybridized carbons (Fsp3) is 0.235. The van der Waals surface area contributed by atoms with Crippen LogP contribution >= 0.6 is 11.3 Å². The average Bonchev–Trinajstić information content (AvgIpc) is 3.11. The van der Waals surface area contributed by atoms with Gasteiger partial charge >= 0.3 is 0 Å². The Labute approximate surface area is 168 Å². The molecule has 1 fully saturated rings. The van der Waals surface area contributed by atoms with Crippen molar-refractivity contribution in [3.63, 3.8) is 0 Å². The number of sulfonamides is 1. The van der Waals surface area contributed by atoms with Crippen LogP contribution in [-0.4, -0.2) is 48.8 Å². The normalized spacial score (nSPS) is 15.7. The van der Waals surface area contributed by atoms with Crippen LogP contribution in [0.2, 0.25) is 0 Å². The van der Waals surface area contributed by atoms with E-state index in [0.717, 1.165) is 22.5 Å². The lowest BCUT2D eigenvalue weighted by Crippen LogP contribution is -2.49. The first-order valence-electron chi connectivity index (χ1n) is 8.51. The Balaban J connectivity index is 1.54. The maximum atomic E-state index is 13.9. The number of anilines is 1. The van der Waals surface area contributed by atoms with Crippen LogP contribution in [0, 0.1) is 21.7 Å². The minimum atomic E-state index is -4.30. The minimum absolute atomic E-state index is 0.0319.